The van der Waals surface area contributed by atoms with Gasteiger partial charge in [-0.25, -0.2) is 4.68 Å². The maximum Gasteiger partial charge on any atom is 0.219 e. The molecule has 5 nitrogen and oxygen atoms in total. The van der Waals surface area contributed by atoms with Crippen LogP contribution in [0.25, 0.3) is 5.69 Å². The van der Waals surface area contributed by atoms with Crippen molar-refractivity contribution >= 4 is 0 Å². The van der Waals surface area contributed by atoms with Gasteiger partial charge in [0.25, 0.3) is 0 Å². The third-order valence-corrected chi connectivity index (χ3v) is 3.64. The first-order valence-electron chi connectivity index (χ1n) is 7.62. The second-order valence-electron chi connectivity index (χ2n) is 5.53. The summed E-state index contributed by atoms with van der Waals surface area (Å²) in [5, 5.41) is 4.77. The van der Waals surface area contributed by atoms with Crippen molar-refractivity contribution in [3.63, 3.8) is 0 Å². The Morgan fingerprint density at radius 2 is 2.00 bits per heavy atom. The van der Waals surface area contributed by atoms with Crippen molar-refractivity contribution in [1.82, 2.24) is 9.78 Å². The Kier molecular flexibility index (Phi) is 5.44. The second kappa shape index (κ2) is 7.31. The van der Waals surface area contributed by atoms with Crippen LogP contribution >= 0.6 is 0 Å². The lowest BCUT2D eigenvalue weighted by Gasteiger charge is -2.09. The van der Waals surface area contributed by atoms with E-state index in [9.17, 15) is 0 Å². The Morgan fingerprint density at radius 3 is 2.59 bits per heavy atom. The zero-order chi connectivity index (χ0) is 16.1. The van der Waals surface area contributed by atoms with Crippen molar-refractivity contribution in [1.29, 1.82) is 0 Å². The quantitative estimate of drug-likeness (QED) is 0.854. The van der Waals surface area contributed by atoms with Gasteiger partial charge in [-0.1, -0.05) is 19.9 Å². The van der Waals surface area contributed by atoms with Crippen LogP contribution in [0.4, 0.5) is 0 Å². The van der Waals surface area contributed by atoms with Gasteiger partial charge >= 0.3 is 0 Å². The van der Waals surface area contributed by atoms with Crippen LogP contribution in [0.5, 0.6) is 11.6 Å². The molecule has 1 heterocycles. The molecule has 0 atom stereocenters. The van der Waals surface area contributed by atoms with E-state index in [1.165, 1.54) is 0 Å². The molecule has 2 N–H and O–H groups in total. The molecule has 120 valence electrons. The summed E-state index contributed by atoms with van der Waals surface area (Å²) in [7, 11) is 3.34. The van der Waals surface area contributed by atoms with E-state index in [2.05, 4.69) is 13.8 Å². The average Bonchev–Trinajstić information content (AvgIpc) is 2.91. The zero-order valence-electron chi connectivity index (χ0n) is 13.8. The van der Waals surface area contributed by atoms with Crippen LogP contribution in [0.1, 0.15) is 37.4 Å². The highest BCUT2D eigenvalue weighted by Crippen LogP contribution is 2.32. The average molecular weight is 303 g/mol. The number of ether oxygens (including phenoxy) is 2. The van der Waals surface area contributed by atoms with E-state index in [4.69, 9.17) is 20.3 Å². The maximum absolute atomic E-state index is 5.67. The van der Waals surface area contributed by atoms with Crippen LogP contribution in [0.3, 0.4) is 0 Å². The molecule has 0 unspecified atom stereocenters. The SMILES string of the molecule is COc1cccc(-n2nc(C(C)C)c(CCCN)c2OC)c1. The first-order chi connectivity index (χ1) is 10.6. The molecule has 0 aliphatic rings. The molecule has 1 aromatic carbocycles. The third-order valence-electron chi connectivity index (χ3n) is 3.64. The maximum atomic E-state index is 5.67. The number of hydrogen-bond acceptors (Lipinski definition) is 4. The van der Waals surface area contributed by atoms with Crippen molar-refractivity contribution in [2.45, 2.75) is 32.6 Å². The molecule has 0 saturated heterocycles. The molecule has 0 radical (unpaired) electrons. The summed E-state index contributed by atoms with van der Waals surface area (Å²) in [6.45, 7) is 4.94. The monoisotopic (exact) mass is 303 g/mol. The molecule has 5 heteroatoms. The number of nitrogens with zero attached hydrogens (tertiary/aromatic N) is 2. The van der Waals surface area contributed by atoms with Crippen molar-refractivity contribution < 1.29 is 9.47 Å². The highest BCUT2D eigenvalue weighted by Gasteiger charge is 2.21. The lowest BCUT2D eigenvalue weighted by molar-refractivity contribution is 0.378. The number of methoxy groups -OCH3 is 2. The van der Waals surface area contributed by atoms with Crippen LogP contribution in [0.2, 0.25) is 0 Å². The van der Waals surface area contributed by atoms with Gasteiger partial charge in [-0.05, 0) is 37.4 Å². The van der Waals surface area contributed by atoms with Gasteiger partial charge in [0.1, 0.15) is 5.75 Å². The lowest BCUT2D eigenvalue weighted by atomic mass is 10.0. The Morgan fingerprint density at radius 1 is 1.23 bits per heavy atom. The van der Waals surface area contributed by atoms with Crippen molar-refractivity contribution in [3.8, 4) is 17.3 Å². The molecule has 1 aromatic heterocycles. The van der Waals surface area contributed by atoms with Gasteiger partial charge in [-0.2, -0.15) is 5.10 Å². The van der Waals surface area contributed by atoms with Crippen LogP contribution in [-0.2, 0) is 6.42 Å². The van der Waals surface area contributed by atoms with Crippen LogP contribution in [-0.4, -0.2) is 30.5 Å². The number of benzene rings is 1. The molecule has 0 amide bonds. The Hall–Kier alpha value is -2.01. The first kappa shape index (κ1) is 16.4. The van der Waals surface area contributed by atoms with E-state index in [-0.39, 0.29) is 0 Å². The molecule has 2 rings (SSSR count). The van der Waals surface area contributed by atoms with E-state index >= 15 is 0 Å². The molecule has 0 spiro atoms. The van der Waals surface area contributed by atoms with Gasteiger partial charge in [0.15, 0.2) is 0 Å². The fraction of sp³-hybridized carbons (Fsp3) is 0.471. The molecular formula is C17H25N3O2. The smallest absolute Gasteiger partial charge is 0.219 e. The predicted octanol–water partition coefficient (Wildman–Crippen LogP) is 2.90. The largest absolute Gasteiger partial charge is 0.497 e. The molecule has 0 bridgehead atoms. The number of nitrogens with two attached hydrogens (primary N) is 1. The van der Waals surface area contributed by atoms with Gasteiger partial charge in [0.05, 0.1) is 25.6 Å². The summed E-state index contributed by atoms with van der Waals surface area (Å²) in [5.74, 6) is 1.91. The molecule has 2 aromatic rings. The molecule has 0 aliphatic heterocycles. The minimum absolute atomic E-state index is 0.327. The predicted molar refractivity (Wildman–Crippen MR) is 88.1 cm³/mol. The normalized spacial score (nSPS) is 11.0. The van der Waals surface area contributed by atoms with Gasteiger partial charge < -0.3 is 15.2 Å². The summed E-state index contributed by atoms with van der Waals surface area (Å²) in [6, 6.07) is 7.81. The van der Waals surface area contributed by atoms with Gasteiger partial charge in [-0.3, -0.25) is 0 Å². The number of rotatable bonds is 7. The Balaban J connectivity index is 2.54. The van der Waals surface area contributed by atoms with Gasteiger partial charge in [0, 0.05) is 11.6 Å². The Bertz CT molecular complexity index is 620. The van der Waals surface area contributed by atoms with Crippen LogP contribution in [0.15, 0.2) is 24.3 Å². The number of hydrogen-bond donors (Lipinski definition) is 1. The molecule has 0 fully saturated rings. The summed E-state index contributed by atoms with van der Waals surface area (Å²) in [5.41, 5.74) is 8.80. The minimum Gasteiger partial charge on any atom is -0.497 e. The topological polar surface area (TPSA) is 62.3 Å². The molecule has 0 aliphatic carbocycles. The van der Waals surface area contributed by atoms with Gasteiger partial charge in [-0.15, -0.1) is 0 Å². The summed E-state index contributed by atoms with van der Waals surface area (Å²) in [4.78, 5) is 0. The highest BCUT2D eigenvalue weighted by atomic mass is 16.5. The number of aromatic nitrogens is 2. The molecule has 0 saturated carbocycles. The lowest BCUT2D eigenvalue weighted by Crippen LogP contribution is -2.03. The standard InChI is InChI=1S/C17H25N3O2/c1-12(2)16-15(9-6-10-18)17(22-4)20(19-16)13-7-5-8-14(11-13)21-3/h5,7-8,11-12H,6,9-10,18H2,1-4H3. The van der Waals surface area contributed by atoms with Crippen molar-refractivity contribution in [2.24, 2.45) is 5.73 Å². The molecule has 22 heavy (non-hydrogen) atoms. The van der Waals surface area contributed by atoms with E-state index < -0.39 is 0 Å². The van der Waals surface area contributed by atoms with Gasteiger partial charge in [0.2, 0.25) is 5.88 Å². The van der Waals surface area contributed by atoms with Crippen molar-refractivity contribution in [2.75, 3.05) is 20.8 Å². The summed E-state index contributed by atoms with van der Waals surface area (Å²) in [6.07, 6.45) is 1.79. The highest BCUT2D eigenvalue weighted by molar-refractivity contribution is 5.45. The second-order valence-corrected chi connectivity index (χ2v) is 5.53. The van der Waals surface area contributed by atoms with Crippen molar-refractivity contribution in [3.05, 3.63) is 35.5 Å². The van der Waals surface area contributed by atoms with E-state index in [1.54, 1.807) is 14.2 Å². The fourth-order valence-electron chi connectivity index (χ4n) is 2.56. The van der Waals surface area contributed by atoms with Crippen LogP contribution < -0.4 is 15.2 Å². The minimum atomic E-state index is 0.327. The summed E-state index contributed by atoms with van der Waals surface area (Å²) < 4.78 is 12.8. The zero-order valence-corrected chi connectivity index (χ0v) is 13.8. The molecular weight excluding hydrogens is 278 g/mol. The third kappa shape index (κ3) is 3.25. The fourth-order valence-corrected chi connectivity index (χ4v) is 2.56. The van der Waals surface area contributed by atoms with E-state index in [0.29, 0.717) is 12.5 Å². The summed E-state index contributed by atoms with van der Waals surface area (Å²) >= 11 is 0. The van der Waals surface area contributed by atoms with Crippen LogP contribution in [0, 0.1) is 0 Å². The van der Waals surface area contributed by atoms with E-state index in [1.807, 2.05) is 28.9 Å². The Labute approximate surface area is 132 Å². The van der Waals surface area contributed by atoms with E-state index in [0.717, 1.165) is 41.4 Å². The first-order valence-corrected chi connectivity index (χ1v) is 7.62.